The molecule has 2 rings (SSSR count). The highest BCUT2D eigenvalue weighted by molar-refractivity contribution is 6.42. The van der Waals surface area contributed by atoms with Crippen molar-refractivity contribution in [1.82, 2.24) is 0 Å². The Balaban J connectivity index is 2.12. The van der Waals surface area contributed by atoms with Gasteiger partial charge in [-0.25, -0.2) is 0 Å². The summed E-state index contributed by atoms with van der Waals surface area (Å²) in [4.78, 5) is 0. The van der Waals surface area contributed by atoms with Gasteiger partial charge in [-0.1, -0.05) is 35.7 Å². The molecule has 1 fully saturated rings. The van der Waals surface area contributed by atoms with Gasteiger partial charge in [-0.15, -0.1) is 0 Å². The molecule has 1 aliphatic carbocycles. The first-order valence-electron chi connectivity index (χ1n) is 6.49. The normalized spacial score (nSPS) is 27.6. The van der Waals surface area contributed by atoms with Crippen LogP contribution in [0.5, 0.6) is 0 Å². The number of rotatable bonds is 2. The Labute approximate surface area is 126 Å². The zero-order valence-electron chi connectivity index (χ0n) is 10.8. The zero-order chi connectivity index (χ0) is 15.0. The van der Waals surface area contributed by atoms with E-state index in [9.17, 15) is 13.2 Å². The SMILES string of the molecule is NC1(Cc2ccc(Cl)c(Cl)c2)CCCC(C(F)(F)F)C1. The summed E-state index contributed by atoms with van der Waals surface area (Å²) in [5, 5.41) is 0.828. The van der Waals surface area contributed by atoms with E-state index in [0.717, 1.165) is 5.56 Å². The van der Waals surface area contributed by atoms with Gasteiger partial charge < -0.3 is 5.73 Å². The number of hydrogen-bond donors (Lipinski definition) is 1. The molecule has 20 heavy (non-hydrogen) atoms. The third-order valence-corrected chi connectivity index (χ3v) is 4.62. The molecular formula is C14H16Cl2F3N. The van der Waals surface area contributed by atoms with Crippen molar-refractivity contribution >= 4 is 23.2 Å². The van der Waals surface area contributed by atoms with Crippen molar-refractivity contribution < 1.29 is 13.2 Å². The molecule has 1 nitrogen and oxygen atoms in total. The van der Waals surface area contributed by atoms with Crippen LogP contribution < -0.4 is 5.73 Å². The Morgan fingerprint density at radius 3 is 2.55 bits per heavy atom. The Bertz CT molecular complexity index is 490. The molecule has 6 heteroatoms. The monoisotopic (exact) mass is 325 g/mol. The number of hydrogen-bond acceptors (Lipinski definition) is 1. The largest absolute Gasteiger partial charge is 0.391 e. The first-order valence-corrected chi connectivity index (χ1v) is 7.25. The fraction of sp³-hybridized carbons (Fsp3) is 0.571. The van der Waals surface area contributed by atoms with Gasteiger partial charge in [-0.2, -0.15) is 13.2 Å². The molecule has 2 atom stereocenters. The molecule has 0 bridgehead atoms. The van der Waals surface area contributed by atoms with Crippen molar-refractivity contribution in [2.24, 2.45) is 11.7 Å². The molecule has 0 spiro atoms. The molecule has 1 aliphatic rings. The van der Waals surface area contributed by atoms with Crippen LogP contribution in [0.25, 0.3) is 0 Å². The van der Waals surface area contributed by atoms with E-state index in [4.69, 9.17) is 28.9 Å². The Morgan fingerprint density at radius 1 is 1.25 bits per heavy atom. The highest BCUT2D eigenvalue weighted by Gasteiger charge is 2.46. The van der Waals surface area contributed by atoms with Crippen molar-refractivity contribution in [3.8, 4) is 0 Å². The molecule has 2 unspecified atom stereocenters. The molecule has 1 aromatic rings. The highest BCUT2D eigenvalue weighted by atomic mass is 35.5. The summed E-state index contributed by atoms with van der Waals surface area (Å²) in [7, 11) is 0. The van der Waals surface area contributed by atoms with Gasteiger partial charge in [0.2, 0.25) is 0 Å². The molecule has 2 N–H and O–H groups in total. The lowest BCUT2D eigenvalue weighted by Crippen LogP contribution is -2.48. The molecule has 0 aliphatic heterocycles. The lowest BCUT2D eigenvalue weighted by Gasteiger charge is -2.39. The van der Waals surface area contributed by atoms with Crippen molar-refractivity contribution in [1.29, 1.82) is 0 Å². The van der Waals surface area contributed by atoms with Gasteiger partial charge in [0.15, 0.2) is 0 Å². The first-order chi connectivity index (χ1) is 9.20. The van der Waals surface area contributed by atoms with Gasteiger partial charge in [0.05, 0.1) is 16.0 Å². The molecule has 0 amide bonds. The van der Waals surface area contributed by atoms with Crippen LogP contribution in [0.4, 0.5) is 13.2 Å². The average molecular weight is 326 g/mol. The molecular weight excluding hydrogens is 310 g/mol. The third kappa shape index (κ3) is 3.80. The summed E-state index contributed by atoms with van der Waals surface area (Å²) in [6.07, 6.45) is -2.54. The highest BCUT2D eigenvalue weighted by Crippen LogP contribution is 2.42. The van der Waals surface area contributed by atoms with Gasteiger partial charge in [0.25, 0.3) is 0 Å². The summed E-state index contributed by atoms with van der Waals surface area (Å²) in [5.74, 6) is -1.30. The second-order valence-corrected chi connectivity index (χ2v) is 6.44. The van der Waals surface area contributed by atoms with Crippen LogP contribution in [-0.2, 0) is 6.42 Å². The van der Waals surface area contributed by atoms with Gasteiger partial charge in [0, 0.05) is 5.54 Å². The Kier molecular flexibility index (Phi) is 4.57. The van der Waals surface area contributed by atoms with E-state index in [1.54, 1.807) is 18.2 Å². The number of nitrogens with two attached hydrogens (primary N) is 1. The maximum atomic E-state index is 12.8. The summed E-state index contributed by atoms with van der Waals surface area (Å²) >= 11 is 11.8. The average Bonchev–Trinajstić information content (AvgIpc) is 2.32. The second kappa shape index (κ2) is 5.74. The van der Waals surface area contributed by atoms with Crippen LogP contribution in [0.15, 0.2) is 18.2 Å². The molecule has 0 saturated heterocycles. The fourth-order valence-electron chi connectivity index (χ4n) is 2.89. The van der Waals surface area contributed by atoms with Crippen molar-refractivity contribution in [2.75, 3.05) is 0 Å². The Morgan fingerprint density at radius 2 is 1.95 bits per heavy atom. The summed E-state index contributed by atoms with van der Waals surface area (Å²) in [6.45, 7) is 0. The third-order valence-electron chi connectivity index (χ3n) is 3.88. The van der Waals surface area contributed by atoms with Crippen LogP contribution in [0, 0.1) is 5.92 Å². The van der Waals surface area contributed by atoms with E-state index in [1.165, 1.54) is 0 Å². The fourth-order valence-corrected chi connectivity index (χ4v) is 3.21. The minimum Gasteiger partial charge on any atom is -0.325 e. The van der Waals surface area contributed by atoms with E-state index in [2.05, 4.69) is 0 Å². The van der Waals surface area contributed by atoms with E-state index < -0.39 is 17.6 Å². The van der Waals surface area contributed by atoms with Crippen molar-refractivity contribution in [3.63, 3.8) is 0 Å². The van der Waals surface area contributed by atoms with Gasteiger partial charge >= 0.3 is 6.18 Å². The van der Waals surface area contributed by atoms with E-state index in [1.807, 2.05) is 0 Å². The predicted octanol–water partition coefficient (Wildman–Crippen LogP) is 4.99. The number of halogens is 5. The maximum Gasteiger partial charge on any atom is 0.391 e. The van der Waals surface area contributed by atoms with Crippen molar-refractivity contribution in [3.05, 3.63) is 33.8 Å². The molecule has 0 radical (unpaired) electrons. The van der Waals surface area contributed by atoms with Crippen LogP contribution in [0.3, 0.4) is 0 Å². The standard InChI is InChI=1S/C14H16Cl2F3N/c15-11-4-3-9(6-12(11)16)7-13(20)5-1-2-10(8-13)14(17,18)19/h3-4,6,10H,1-2,5,7-8,20H2. The molecule has 112 valence electrons. The molecule has 0 aromatic heterocycles. The van der Waals surface area contributed by atoms with Crippen LogP contribution in [-0.4, -0.2) is 11.7 Å². The summed E-state index contributed by atoms with van der Waals surface area (Å²) in [5.41, 5.74) is 6.19. The molecule has 0 heterocycles. The quantitative estimate of drug-likeness (QED) is 0.814. The number of benzene rings is 1. The Hall–Kier alpha value is -0.450. The lowest BCUT2D eigenvalue weighted by atomic mass is 9.73. The topological polar surface area (TPSA) is 26.0 Å². The minimum atomic E-state index is -4.16. The first kappa shape index (κ1) is 15.9. The van der Waals surface area contributed by atoms with Gasteiger partial charge in [0.1, 0.15) is 0 Å². The van der Waals surface area contributed by atoms with Crippen LogP contribution in [0.1, 0.15) is 31.2 Å². The van der Waals surface area contributed by atoms with Crippen LogP contribution >= 0.6 is 23.2 Å². The van der Waals surface area contributed by atoms with Gasteiger partial charge in [-0.3, -0.25) is 0 Å². The minimum absolute atomic E-state index is 0.0310. The predicted molar refractivity (Wildman–Crippen MR) is 75.1 cm³/mol. The van der Waals surface area contributed by atoms with E-state index in [-0.39, 0.29) is 12.8 Å². The molecule has 1 saturated carbocycles. The zero-order valence-corrected chi connectivity index (χ0v) is 12.3. The van der Waals surface area contributed by atoms with Crippen LogP contribution in [0.2, 0.25) is 10.0 Å². The van der Waals surface area contributed by atoms with E-state index >= 15 is 0 Å². The maximum absolute atomic E-state index is 12.8. The summed E-state index contributed by atoms with van der Waals surface area (Å²) < 4.78 is 38.5. The smallest absolute Gasteiger partial charge is 0.325 e. The lowest BCUT2D eigenvalue weighted by molar-refractivity contribution is -0.187. The second-order valence-electron chi connectivity index (χ2n) is 5.62. The van der Waals surface area contributed by atoms with Gasteiger partial charge in [-0.05, 0) is 43.4 Å². The van der Waals surface area contributed by atoms with E-state index in [0.29, 0.717) is 29.3 Å². The van der Waals surface area contributed by atoms with Crippen molar-refractivity contribution in [2.45, 2.75) is 43.8 Å². The summed E-state index contributed by atoms with van der Waals surface area (Å²) in [6, 6.07) is 5.09. The molecule has 1 aromatic carbocycles. The number of alkyl halides is 3.